The SMILES string of the molecule is NS(=O)(=O)c1ccc(-c2cc3cccc(-c4ccccc4)c3c(NCc3ccccn3)n2)cc1. The number of pyridine rings is 2. The van der Waals surface area contributed by atoms with Crippen molar-refractivity contribution in [1.29, 1.82) is 0 Å². The Kier molecular flexibility index (Phi) is 5.79. The van der Waals surface area contributed by atoms with Gasteiger partial charge in [0.1, 0.15) is 5.82 Å². The van der Waals surface area contributed by atoms with Crippen LogP contribution in [0, 0.1) is 0 Å². The Labute approximate surface area is 198 Å². The van der Waals surface area contributed by atoms with E-state index in [0.29, 0.717) is 6.54 Å². The lowest BCUT2D eigenvalue weighted by atomic mass is 9.97. The number of nitrogens with one attached hydrogen (secondary N) is 1. The fourth-order valence-corrected chi connectivity index (χ4v) is 4.45. The van der Waals surface area contributed by atoms with E-state index in [1.165, 1.54) is 12.1 Å². The molecule has 3 aromatic carbocycles. The van der Waals surface area contributed by atoms with E-state index in [-0.39, 0.29) is 4.90 Å². The molecule has 0 bridgehead atoms. The second kappa shape index (κ2) is 9.05. The molecular weight excluding hydrogens is 444 g/mol. The van der Waals surface area contributed by atoms with Crippen LogP contribution in [0.4, 0.5) is 5.82 Å². The summed E-state index contributed by atoms with van der Waals surface area (Å²) in [6.45, 7) is 0.514. The predicted molar refractivity (Wildman–Crippen MR) is 136 cm³/mol. The van der Waals surface area contributed by atoms with Crippen LogP contribution in [-0.2, 0) is 16.6 Å². The first-order valence-electron chi connectivity index (χ1n) is 10.8. The van der Waals surface area contributed by atoms with Crippen LogP contribution >= 0.6 is 0 Å². The molecular formula is C27H22N4O2S. The Balaban J connectivity index is 1.65. The van der Waals surface area contributed by atoms with Gasteiger partial charge in [-0.25, -0.2) is 18.5 Å². The van der Waals surface area contributed by atoms with Crippen LogP contribution in [0.25, 0.3) is 33.2 Å². The zero-order valence-corrected chi connectivity index (χ0v) is 19.0. The van der Waals surface area contributed by atoms with Gasteiger partial charge < -0.3 is 5.32 Å². The molecule has 0 amide bonds. The fourth-order valence-electron chi connectivity index (χ4n) is 3.94. The maximum Gasteiger partial charge on any atom is 0.238 e. The molecule has 0 aliphatic heterocycles. The molecule has 0 radical (unpaired) electrons. The maximum absolute atomic E-state index is 11.6. The van der Waals surface area contributed by atoms with Crippen LogP contribution in [-0.4, -0.2) is 18.4 Å². The van der Waals surface area contributed by atoms with Gasteiger partial charge in [0.15, 0.2) is 0 Å². The van der Waals surface area contributed by atoms with Crippen LogP contribution < -0.4 is 10.5 Å². The lowest BCUT2D eigenvalue weighted by Crippen LogP contribution is -2.11. The highest BCUT2D eigenvalue weighted by atomic mass is 32.2. The number of hydrogen-bond donors (Lipinski definition) is 2. The summed E-state index contributed by atoms with van der Waals surface area (Å²) in [4.78, 5) is 9.42. The number of nitrogens with zero attached hydrogens (tertiary/aromatic N) is 2. The number of sulfonamides is 1. The summed E-state index contributed by atoms with van der Waals surface area (Å²) >= 11 is 0. The highest BCUT2D eigenvalue weighted by Crippen LogP contribution is 2.36. The van der Waals surface area contributed by atoms with E-state index in [2.05, 4.69) is 34.6 Å². The molecule has 34 heavy (non-hydrogen) atoms. The second-order valence-electron chi connectivity index (χ2n) is 7.87. The van der Waals surface area contributed by atoms with Gasteiger partial charge in [-0.15, -0.1) is 0 Å². The average Bonchev–Trinajstić information content (AvgIpc) is 2.87. The normalized spacial score (nSPS) is 11.4. The third kappa shape index (κ3) is 4.52. The highest BCUT2D eigenvalue weighted by molar-refractivity contribution is 7.89. The molecule has 168 valence electrons. The first-order chi connectivity index (χ1) is 16.5. The first-order valence-corrected chi connectivity index (χ1v) is 12.3. The molecule has 0 saturated carbocycles. The number of fused-ring (bicyclic) bond motifs is 1. The van der Waals surface area contributed by atoms with Gasteiger partial charge in [0.2, 0.25) is 10.0 Å². The number of benzene rings is 3. The number of aromatic nitrogens is 2. The first kappa shape index (κ1) is 21.8. The molecule has 0 atom stereocenters. The number of nitrogens with two attached hydrogens (primary N) is 1. The molecule has 0 aliphatic rings. The molecule has 2 heterocycles. The van der Waals surface area contributed by atoms with Gasteiger partial charge in [-0.1, -0.05) is 66.7 Å². The zero-order chi connectivity index (χ0) is 23.5. The summed E-state index contributed by atoms with van der Waals surface area (Å²) in [5, 5.41) is 10.7. The van der Waals surface area contributed by atoms with Gasteiger partial charge in [0.25, 0.3) is 0 Å². The minimum absolute atomic E-state index is 0.0666. The zero-order valence-electron chi connectivity index (χ0n) is 18.2. The molecule has 5 aromatic rings. The van der Waals surface area contributed by atoms with E-state index in [9.17, 15) is 8.42 Å². The lowest BCUT2D eigenvalue weighted by molar-refractivity contribution is 0.598. The number of primary sulfonamides is 1. The summed E-state index contributed by atoms with van der Waals surface area (Å²) in [6, 6.07) is 30.6. The lowest BCUT2D eigenvalue weighted by Gasteiger charge is -2.15. The molecule has 2 aromatic heterocycles. The maximum atomic E-state index is 11.6. The second-order valence-corrected chi connectivity index (χ2v) is 9.43. The number of rotatable bonds is 6. The van der Waals surface area contributed by atoms with E-state index >= 15 is 0 Å². The topological polar surface area (TPSA) is 98.0 Å². The Morgan fingerprint density at radius 1 is 0.794 bits per heavy atom. The molecule has 0 aliphatic carbocycles. The molecule has 7 heteroatoms. The van der Waals surface area contributed by atoms with Crippen molar-refractivity contribution >= 4 is 26.6 Å². The average molecular weight is 467 g/mol. The monoisotopic (exact) mass is 466 g/mol. The molecule has 0 spiro atoms. The summed E-state index contributed by atoms with van der Waals surface area (Å²) in [7, 11) is -3.76. The van der Waals surface area contributed by atoms with Gasteiger partial charge in [-0.3, -0.25) is 4.98 Å². The van der Waals surface area contributed by atoms with Crippen molar-refractivity contribution in [3.63, 3.8) is 0 Å². The number of hydrogen-bond acceptors (Lipinski definition) is 5. The summed E-state index contributed by atoms with van der Waals surface area (Å²) in [6.07, 6.45) is 1.77. The minimum atomic E-state index is -3.76. The highest BCUT2D eigenvalue weighted by Gasteiger charge is 2.14. The molecule has 3 N–H and O–H groups in total. The van der Waals surface area contributed by atoms with Crippen LogP contribution in [0.15, 0.2) is 108 Å². The molecule has 0 saturated heterocycles. The Bertz CT molecular complexity index is 1550. The van der Waals surface area contributed by atoms with E-state index < -0.39 is 10.0 Å². The third-order valence-corrected chi connectivity index (χ3v) is 6.51. The fraction of sp³-hybridized carbons (Fsp3) is 0.0370. The molecule has 6 nitrogen and oxygen atoms in total. The van der Waals surface area contributed by atoms with E-state index in [0.717, 1.165) is 44.7 Å². The predicted octanol–water partition coefficient (Wildman–Crippen LogP) is 5.22. The van der Waals surface area contributed by atoms with Gasteiger partial charge in [-0.2, -0.15) is 0 Å². The van der Waals surface area contributed by atoms with E-state index in [1.807, 2.05) is 48.5 Å². The quantitative estimate of drug-likeness (QED) is 0.357. The molecule has 0 unspecified atom stereocenters. The van der Waals surface area contributed by atoms with Crippen molar-refractivity contribution < 1.29 is 8.42 Å². The van der Waals surface area contributed by atoms with Crippen molar-refractivity contribution in [3.05, 3.63) is 109 Å². The van der Waals surface area contributed by atoms with Crippen LogP contribution in [0.2, 0.25) is 0 Å². The third-order valence-electron chi connectivity index (χ3n) is 5.58. The molecule has 5 rings (SSSR count). The van der Waals surface area contributed by atoms with Crippen molar-refractivity contribution in [2.24, 2.45) is 5.14 Å². The van der Waals surface area contributed by atoms with Crippen LogP contribution in [0.3, 0.4) is 0 Å². The smallest absolute Gasteiger partial charge is 0.238 e. The van der Waals surface area contributed by atoms with Crippen molar-refractivity contribution in [1.82, 2.24) is 9.97 Å². The van der Waals surface area contributed by atoms with Gasteiger partial charge in [0.05, 0.1) is 22.8 Å². The summed E-state index contributed by atoms with van der Waals surface area (Å²) in [5.74, 6) is 0.730. The Morgan fingerprint density at radius 3 is 2.26 bits per heavy atom. The van der Waals surface area contributed by atoms with Crippen molar-refractivity contribution in [2.45, 2.75) is 11.4 Å². The standard InChI is InChI=1S/C27H22N4O2S/c28-34(32,33)23-14-12-20(13-15-23)25-17-21-9-6-11-24(19-7-2-1-3-8-19)26(21)27(31-25)30-18-22-10-4-5-16-29-22/h1-17H,18H2,(H,30,31)(H2,28,32,33). The minimum Gasteiger partial charge on any atom is -0.364 e. The summed E-state index contributed by atoms with van der Waals surface area (Å²) < 4.78 is 23.3. The number of anilines is 1. The van der Waals surface area contributed by atoms with Gasteiger partial charge >= 0.3 is 0 Å². The van der Waals surface area contributed by atoms with Gasteiger partial charge in [0, 0.05) is 17.1 Å². The van der Waals surface area contributed by atoms with E-state index in [4.69, 9.17) is 10.1 Å². The Morgan fingerprint density at radius 2 is 1.56 bits per heavy atom. The van der Waals surface area contributed by atoms with Crippen molar-refractivity contribution in [3.8, 4) is 22.4 Å². The van der Waals surface area contributed by atoms with E-state index in [1.54, 1.807) is 18.3 Å². The van der Waals surface area contributed by atoms with Crippen molar-refractivity contribution in [2.75, 3.05) is 5.32 Å². The van der Waals surface area contributed by atoms with Gasteiger partial charge in [-0.05, 0) is 46.8 Å². The largest absolute Gasteiger partial charge is 0.364 e. The van der Waals surface area contributed by atoms with Crippen LogP contribution in [0.1, 0.15) is 5.69 Å². The van der Waals surface area contributed by atoms with Crippen LogP contribution in [0.5, 0.6) is 0 Å². The summed E-state index contributed by atoms with van der Waals surface area (Å²) in [5.41, 5.74) is 4.59. The Hall–Kier alpha value is -4.07. The molecule has 0 fully saturated rings.